The second kappa shape index (κ2) is 8.25. The SMILES string of the molecule is CC1(C)c2ccccc2-c2nc3ccccc3c(-c3ccc(-c4cccc(-c5ccccn5)c4)cc3)c21. The second-order valence-corrected chi connectivity index (χ2v) is 10.3. The zero-order chi connectivity index (χ0) is 25.0. The molecule has 0 N–H and O–H groups in total. The van der Waals surface area contributed by atoms with Gasteiger partial charge in [0, 0.05) is 28.1 Å². The molecule has 7 rings (SSSR count). The fourth-order valence-electron chi connectivity index (χ4n) is 5.91. The molecule has 2 heteroatoms. The molecule has 2 heterocycles. The molecule has 0 aliphatic heterocycles. The van der Waals surface area contributed by atoms with Crippen LogP contribution in [-0.2, 0) is 5.41 Å². The number of fused-ring (bicyclic) bond motifs is 4. The summed E-state index contributed by atoms with van der Waals surface area (Å²) in [6.45, 7) is 4.66. The van der Waals surface area contributed by atoms with E-state index < -0.39 is 0 Å². The van der Waals surface area contributed by atoms with Crippen LogP contribution in [-0.4, -0.2) is 9.97 Å². The van der Waals surface area contributed by atoms with Gasteiger partial charge in [0.15, 0.2) is 0 Å². The Kier molecular flexibility index (Phi) is 4.84. The molecule has 0 spiro atoms. The topological polar surface area (TPSA) is 25.8 Å². The molecular formula is C35H26N2. The first kappa shape index (κ1) is 21.7. The number of nitrogens with zero attached hydrogens (tertiary/aromatic N) is 2. The summed E-state index contributed by atoms with van der Waals surface area (Å²) in [5, 5.41) is 1.20. The van der Waals surface area contributed by atoms with Crippen LogP contribution in [0.1, 0.15) is 25.0 Å². The second-order valence-electron chi connectivity index (χ2n) is 10.3. The Hall–Kier alpha value is -4.56. The minimum absolute atomic E-state index is 0.131. The number of aromatic nitrogens is 2. The van der Waals surface area contributed by atoms with Gasteiger partial charge in [0.05, 0.1) is 16.9 Å². The smallest absolute Gasteiger partial charge is 0.0759 e. The third kappa shape index (κ3) is 3.41. The molecule has 0 atom stereocenters. The first-order valence-corrected chi connectivity index (χ1v) is 12.8. The highest BCUT2D eigenvalue weighted by atomic mass is 14.7. The summed E-state index contributed by atoms with van der Waals surface area (Å²) in [4.78, 5) is 9.70. The van der Waals surface area contributed by atoms with Gasteiger partial charge in [-0.2, -0.15) is 0 Å². The molecule has 2 aromatic heterocycles. The average Bonchev–Trinajstić information content (AvgIpc) is 3.19. The Morgan fingerprint density at radius 3 is 2.16 bits per heavy atom. The Morgan fingerprint density at radius 2 is 1.32 bits per heavy atom. The zero-order valence-corrected chi connectivity index (χ0v) is 20.9. The maximum atomic E-state index is 5.18. The van der Waals surface area contributed by atoms with Crippen molar-refractivity contribution in [3.63, 3.8) is 0 Å². The van der Waals surface area contributed by atoms with Crippen LogP contribution in [0.4, 0.5) is 0 Å². The van der Waals surface area contributed by atoms with E-state index in [1.54, 1.807) is 0 Å². The first-order valence-electron chi connectivity index (χ1n) is 12.8. The van der Waals surface area contributed by atoms with E-state index in [9.17, 15) is 0 Å². The molecule has 0 radical (unpaired) electrons. The molecule has 6 aromatic rings. The molecule has 0 bridgehead atoms. The molecular weight excluding hydrogens is 448 g/mol. The maximum absolute atomic E-state index is 5.18. The van der Waals surface area contributed by atoms with E-state index in [1.165, 1.54) is 44.3 Å². The van der Waals surface area contributed by atoms with Crippen LogP contribution in [0, 0.1) is 0 Å². The number of hydrogen-bond acceptors (Lipinski definition) is 2. The number of pyridine rings is 2. The van der Waals surface area contributed by atoms with Crippen molar-refractivity contribution in [3.8, 4) is 44.8 Å². The van der Waals surface area contributed by atoms with Gasteiger partial charge < -0.3 is 0 Å². The van der Waals surface area contributed by atoms with Crippen LogP contribution in [0.25, 0.3) is 55.7 Å². The molecule has 0 saturated heterocycles. The number of para-hydroxylation sites is 1. The Labute approximate surface area is 217 Å². The highest BCUT2D eigenvalue weighted by molar-refractivity contribution is 6.02. The average molecular weight is 475 g/mol. The third-order valence-electron chi connectivity index (χ3n) is 7.70. The van der Waals surface area contributed by atoms with Gasteiger partial charge in [0.25, 0.3) is 0 Å². The summed E-state index contributed by atoms with van der Waals surface area (Å²) < 4.78 is 0. The van der Waals surface area contributed by atoms with E-state index in [4.69, 9.17) is 4.98 Å². The quantitative estimate of drug-likeness (QED) is 0.256. The van der Waals surface area contributed by atoms with Crippen LogP contribution in [0.2, 0.25) is 0 Å². The molecule has 1 aliphatic rings. The van der Waals surface area contributed by atoms with Crippen LogP contribution in [0.15, 0.2) is 121 Å². The lowest BCUT2D eigenvalue weighted by atomic mass is 9.78. The minimum atomic E-state index is -0.131. The predicted octanol–water partition coefficient (Wildman–Crippen LogP) is 8.94. The van der Waals surface area contributed by atoms with Gasteiger partial charge in [0.2, 0.25) is 0 Å². The van der Waals surface area contributed by atoms with E-state index in [1.807, 2.05) is 18.3 Å². The Morgan fingerprint density at radius 1 is 0.595 bits per heavy atom. The highest BCUT2D eigenvalue weighted by Crippen LogP contribution is 2.53. The van der Waals surface area contributed by atoms with Crippen LogP contribution >= 0.6 is 0 Å². The summed E-state index contributed by atoms with van der Waals surface area (Å²) in [6.07, 6.45) is 1.84. The zero-order valence-electron chi connectivity index (χ0n) is 20.9. The molecule has 176 valence electrons. The number of rotatable bonds is 3. The first-order chi connectivity index (χ1) is 18.1. The van der Waals surface area contributed by atoms with Gasteiger partial charge in [-0.3, -0.25) is 4.98 Å². The molecule has 1 aliphatic carbocycles. The Bertz CT molecular complexity index is 1780. The summed E-state index contributed by atoms with van der Waals surface area (Å²) in [7, 11) is 0. The van der Waals surface area contributed by atoms with Crippen molar-refractivity contribution < 1.29 is 0 Å². The number of hydrogen-bond donors (Lipinski definition) is 0. The van der Waals surface area contributed by atoms with E-state index in [-0.39, 0.29) is 5.41 Å². The van der Waals surface area contributed by atoms with Gasteiger partial charge in [-0.05, 0) is 57.6 Å². The lowest BCUT2D eigenvalue weighted by Gasteiger charge is -2.25. The van der Waals surface area contributed by atoms with E-state index in [0.29, 0.717) is 0 Å². The summed E-state index contributed by atoms with van der Waals surface area (Å²) in [6, 6.07) is 40.9. The van der Waals surface area contributed by atoms with E-state index in [2.05, 4.69) is 122 Å². The molecule has 2 nitrogen and oxygen atoms in total. The summed E-state index contributed by atoms with van der Waals surface area (Å²) >= 11 is 0. The minimum Gasteiger partial charge on any atom is -0.256 e. The molecule has 0 amide bonds. The van der Waals surface area contributed by atoms with Crippen molar-refractivity contribution >= 4 is 10.9 Å². The number of benzene rings is 4. The lowest BCUT2D eigenvalue weighted by molar-refractivity contribution is 0.662. The van der Waals surface area contributed by atoms with Crippen LogP contribution in [0.3, 0.4) is 0 Å². The van der Waals surface area contributed by atoms with Crippen molar-refractivity contribution in [2.75, 3.05) is 0 Å². The van der Waals surface area contributed by atoms with Crippen molar-refractivity contribution in [2.24, 2.45) is 0 Å². The van der Waals surface area contributed by atoms with Crippen molar-refractivity contribution in [2.45, 2.75) is 19.3 Å². The maximum Gasteiger partial charge on any atom is 0.0759 e. The van der Waals surface area contributed by atoms with Crippen LogP contribution in [0.5, 0.6) is 0 Å². The van der Waals surface area contributed by atoms with Crippen LogP contribution < -0.4 is 0 Å². The largest absolute Gasteiger partial charge is 0.256 e. The van der Waals surface area contributed by atoms with Gasteiger partial charge in [-0.15, -0.1) is 0 Å². The summed E-state index contributed by atoms with van der Waals surface area (Å²) in [5.74, 6) is 0. The third-order valence-corrected chi connectivity index (χ3v) is 7.70. The molecule has 37 heavy (non-hydrogen) atoms. The molecule has 0 unspecified atom stereocenters. The highest BCUT2D eigenvalue weighted by Gasteiger charge is 2.39. The standard InChI is InChI=1S/C35H26N2/c1-35(2)29-14-5-3-12-27(29)34-33(35)32(28-13-4-6-16-31(28)37-34)24-19-17-23(18-20-24)25-10-9-11-26(22-25)30-15-7-8-21-36-30/h3-22H,1-2H3. The fourth-order valence-corrected chi connectivity index (χ4v) is 5.91. The van der Waals surface area contributed by atoms with Crippen molar-refractivity contribution in [3.05, 3.63) is 133 Å². The van der Waals surface area contributed by atoms with Gasteiger partial charge >= 0.3 is 0 Å². The van der Waals surface area contributed by atoms with Crippen molar-refractivity contribution in [1.29, 1.82) is 0 Å². The normalized spacial score (nSPS) is 13.4. The predicted molar refractivity (Wildman–Crippen MR) is 153 cm³/mol. The fraction of sp³-hybridized carbons (Fsp3) is 0.0857. The van der Waals surface area contributed by atoms with Gasteiger partial charge in [-0.1, -0.05) is 105 Å². The van der Waals surface area contributed by atoms with E-state index in [0.717, 1.165) is 22.5 Å². The van der Waals surface area contributed by atoms with Gasteiger partial charge in [0.1, 0.15) is 0 Å². The monoisotopic (exact) mass is 474 g/mol. The Balaban J connectivity index is 1.39. The van der Waals surface area contributed by atoms with Crippen molar-refractivity contribution in [1.82, 2.24) is 9.97 Å². The summed E-state index contributed by atoms with van der Waals surface area (Å²) in [5.41, 5.74) is 12.9. The van der Waals surface area contributed by atoms with Gasteiger partial charge in [-0.25, -0.2) is 4.98 Å². The molecule has 0 saturated carbocycles. The molecule has 0 fully saturated rings. The van der Waals surface area contributed by atoms with E-state index >= 15 is 0 Å². The lowest BCUT2D eigenvalue weighted by Crippen LogP contribution is -2.16. The molecule has 4 aromatic carbocycles.